The predicted molar refractivity (Wildman–Crippen MR) is 54.2 cm³/mol. The zero-order chi connectivity index (χ0) is 13.1. The largest absolute Gasteiger partial charge is 0.490 e. The summed E-state index contributed by atoms with van der Waals surface area (Å²) in [6.45, 7) is 0. The number of halogens is 3. The van der Waals surface area contributed by atoms with E-state index in [0.29, 0.717) is 5.82 Å². The third-order valence-electron chi connectivity index (χ3n) is 1.74. The van der Waals surface area contributed by atoms with Gasteiger partial charge in [-0.2, -0.15) is 18.3 Å². The van der Waals surface area contributed by atoms with Crippen LogP contribution in [0.2, 0.25) is 0 Å². The van der Waals surface area contributed by atoms with E-state index < -0.39 is 12.1 Å². The molecule has 0 atom stereocenters. The molecular formula is C9H8F3N3O2. The van der Waals surface area contributed by atoms with Crippen molar-refractivity contribution in [3.8, 4) is 0 Å². The number of anilines is 1. The number of carboxylic acids is 1. The number of benzene rings is 1. The molecule has 0 aliphatic heterocycles. The fraction of sp³-hybridized carbons (Fsp3) is 0.111. The second-order valence-electron chi connectivity index (χ2n) is 2.96. The molecule has 0 amide bonds. The Balaban J connectivity index is 0.000000185. The van der Waals surface area contributed by atoms with Crippen molar-refractivity contribution in [2.75, 3.05) is 5.73 Å². The molecule has 1 aromatic heterocycles. The van der Waals surface area contributed by atoms with Gasteiger partial charge in [-0.05, 0) is 12.1 Å². The van der Waals surface area contributed by atoms with Crippen LogP contribution >= 0.6 is 0 Å². The summed E-state index contributed by atoms with van der Waals surface area (Å²) < 4.78 is 31.7. The normalized spacial score (nSPS) is 10.8. The lowest BCUT2D eigenvalue weighted by atomic mass is 10.2. The predicted octanol–water partition coefficient (Wildman–Crippen LogP) is 1.78. The first-order valence-electron chi connectivity index (χ1n) is 4.31. The van der Waals surface area contributed by atoms with Gasteiger partial charge in [-0.3, -0.25) is 5.10 Å². The van der Waals surface area contributed by atoms with Crippen LogP contribution in [0.3, 0.4) is 0 Å². The summed E-state index contributed by atoms with van der Waals surface area (Å²) in [5, 5.41) is 14.8. The van der Waals surface area contributed by atoms with Crippen molar-refractivity contribution in [3.63, 3.8) is 0 Å². The monoisotopic (exact) mass is 247 g/mol. The van der Waals surface area contributed by atoms with E-state index in [9.17, 15) is 13.2 Å². The van der Waals surface area contributed by atoms with Crippen molar-refractivity contribution in [1.29, 1.82) is 0 Å². The fourth-order valence-electron chi connectivity index (χ4n) is 0.985. The first-order valence-corrected chi connectivity index (χ1v) is 4.31. The minimum Gasteiger partial charge on any atom is -0.475 e. The van der Waals surface area contributed by atoms with E-state index in [1.807, 2.05) is 24.3 Å². The standard InChI is InChI=1S/C7H7N3.C2HF3O2/c8-7-5-3-1-2-4-6(5)9-10-7;3-2(4,5)1(6)7/h1-4H,(H3,8,9,10);(H,6,7). The summed E-state index contributed by atoms with van der Waals surface area (Å²) in [5.41, 5.74) is 6.52. The number of aromatic amines is 1. The molecule has 0 fully saturated rings. The highest BCUT2D eigenvalue weighted by atomic mass is 19.4. The molecule has 0 unspecified atom stereocenters. The lowest BCUT2D eigenvalue weighted by Crippen LogP contribution is -2.21. The van der Waals surface area contributed by atoms with Crippen molar-refractivity contribution >= 4 is 22.7 Å². The topological polar surface area (TPSA) is 92.0 Å². The summed E-state index contributed by atoms with van der Waals surface area (Å²) in [7, 11) is 0. The van der Waals surface area contributed by atoms with Crippen LogP contribution in [0.15, 0.2) is 24.3 Å². The van der Waals surface area contributed by atoms with Gasteiger partial charge < -0.3 is 10.8 Å². The molecular weight excluding hydrogens is 239 g/mol. The first-order chi connectivity index (χ1) is 7.82. The third kappa shape index (κ3) is 3.37. The number of alkyl halides is 3. The quantitative estimate of drug-likeness (QED) is 0.661. The van der Waals surface area contributed by atoms with Crippen LogP contribution in [-0.4, -0.2) is 27.4 Å². The van der Waals surface area contributed by atoms with Crippen LogP contribution in [0.4, 0.5) is 19.0 Å². The number of hydrogen-bond acceptors (Lipinski definition) is 3. The number of fused-ring (bicyclic) bond motifs is 1. The highest BCUT2D eigenvalue weighted by Gasteiger charge is 2.38. The van der Waals surface area contributed by atoms with Gasteiger partial charge in [0.2, 0.25) is 0 Å². The van der Waals surface area contributed by atoms with Crippen molar-refractivity contribution in [3.05, 3.63) is 24.3 Å². The average Bonchev–Trinajstić information content (AvgIpc) is 2.61. The molecule has 1 aromatic carbocycles. The first kappa shape index (κ1) is 12.8. The van der Waals surface area contributed by atoms with Crippen molar-refractivity contribution in [2.24, 2.45) is 0 Å². The summed E-state index contributed by atoms with van der Waals surface area (Å²) in [5.74, 6) is -2.19. The average molecular weight is 247 g/mol. The van der Waals surface area contributed by atoms with Gasteiger partial charge in [0, 0.05) is 5.39 Å². The molecule has 2 rings (SSSR count). The molecule has 5 nitrogen and oxygen atoms in total. The number of rotatable bonds is 0. The van der Waals surface area contributed by atoms with Gasteiger partial charge in [-0.1, -0.05) is 12.1 Å². The molecule has 0 saturated heterocycles. The molecule has 8 heteroatoms. The Labute approximate surface area is 93.0 Å². The van der Waals surface area contributed by atoms with Gasteiger partial charge in [0.1, 0.15) is 0 Å². The molecule has 0 radical (unpaired) electrons. The number of nitrogens with two attached hydrogens (primary N) is 1. The third-order valence-corrected chi connectivity index (χ3v) is 1.74. The fourth-order valence-corrected chi connectivity index (χ4v) is 0.985. The number of aromatic nitrogens is 2. The van der Waals surface area contributed by atoms with E-state index in [0.717, 1.165) is 10.9 Å². The number of carbonyl (C=O) groups is 1. The maximum atomic E-state index is 10.6. The molecule has 92 valence electrons. The summed E-state index contributed by atoms with van der Waals surface area (Å²) in [6.07, 6.45) is -5.08. The zero-order valence-electron chi connectivity index (χ0n) is 8.32. The molecule has 2 aromatic rings. The number of nitrogens with zero attached hydrogens (tertiary/aromatic N) is 1. The lowest BCUT2D eigenvalue weighted by Gasteiger charge is -1.93. The van der Waals surface area contributed by atoms with E-state index in [1.165, 1.54) is 0 Å². The van der Waals surface area contributed by atoms with Gasteiger partial charge in [0.05, 0.1) is 5.52 Å². The Kier molecular flexibility index (Phi) is 3.56. The number of carboxylic acid groups (broad SMARTS) is 1. The molecule has 0 aliphatic carbocycles. The maximum Gasteiger partial charge on any atom is 0.490 e. The Morgan fingerprint density at radius 1 is 1.35 bits per heavy atom. The summed E-state index contributed by atoms with van der Waals surface area (Å²) in [4.78, 5) is 8.90. The van der Waals surface area contributed by atoms with Crippen molar-refractivity contribution in [2.45, 2.75) is 6.18 Å². The van der Waals surface area contributed by atoms with Gasteiger partial charge in [-0.15, -0.1) is 0 Å². The number of H-pyrrole nitrogens is 1. The van der Waals surface area contributed by atoms with E-state index in [1.54, 1.807) is 0 Å². The number of aliphatic carboxylic acids is 1. The molecule has 4 N–H and O–H groups in total. The second-order valence-corrected chi connectivity index (χ2v) is 2.96. The molecule has 0 aliphatic rings. The van der Waals surface area contributed by atoms with Crippen molar-refractivity contribution < 1.29 is 23.1 Å². The van der Waals surface area contributed by atoms with Crippen LogP contribution in [-0.2, 0) is 4.79 Å². The van der Waals surface area contributed by atoms with Crippen LogP contribution in [0.1, 0.15) is 0 Å². The van der Waals surface area contributed by atoms with Crippen LogP contribution in [0.5, 0.6) is 0 Å². The number of nitrogen functional groups attached to an aromatic ring is 1. The SMILES string of the molecule is Nc1n[nH]c2ccccc12.O=C(O)C(F)(F)F. The highest BCUT2D eigenvalue weighted by Crippen LogP contribution is 2.15. The number of para-hydroxylation sites is 1. The van der Waals surface area contributed by atoms with E-state index in [2.05, 4.69) is 10.2 Å². The Hall–Kier alpha value is -2.25. The molecule has 17 heavy (non-hydrogen) atoms. The van der Waals surface area contributed by atoms with E-state index in [-0.39, 0.29) is 0 Å². The van der Waals surface area contributed by atoms with Crippen LogP contribution in [0, 0.1) is 0 Å². The van der Waals surface area contributed by atoms with Gasteiger partial charge in [0.25, 0.3) is 0 Å². The van der Waals surface area contributed by atoms with E-state index >= 15 is 0 Å². The smallest absolute Gasteiger partial charge is 0.475 e. The zero-order valence-corrected chi connectivity index (χ0v) is 8.32. The molecule has 0 bridgehead atoms. The second kappa shape index (κ2) is 4.73. The minimum absolute atomic E-state index is 0.565. The van der Waals surface area contributed by atoms with Crippen LogP contribution in [0.25, 0.3) is 10.9 Å². The summed E-state index contributed by atoms with van der Waals surface area (Å²) in [6, 6.07) is 7.76. The number of nitrogens with one attached hydrogen (secondary N) is 1. The minimum atomic E-state index is -5.08. The Bertz CT molecular complexity index is 521. The van der Waals surface area contributed by atoms with E-state index in [4.69, 9.17) is 15.6 Å². The van der Waals surface area contributed by atoms with Crippen molar-refractivity contribution in [1.82, 2.24) is 10.2 Å². The molecule has 0 spiro atoms. The maximum absolute atomic E-state index is 10.6. The molecule has 1 heterocycles. The highest BCUT2D eigenvalue weighted by molar-refractivity contribution is 5.88. The summed E-state index contributed by atoms with van der Waals surface area (Å²) >= 11 is 0. The van der Waals surface area contributed by atoms with Crippen LogP contribution < -0.4 is 5.73 Å². The van der Waals surface area contributed by atoms with Gasteiger partial charge in [0.15, 0.2) is 5.82 Å². The Morgan fingerprint density at radius 3 is 2.35 bits per heavy atom. The molecule has 0 saturated carbocycles. The van der Waals surface area contributed by atoms with Gasteiger partial charge >= 0.3 is 12.1 Å². The number of hydrogen-bond donors (Lipinski definition) is 3. The van der Waals surface area contributed by atoms with Gasteiger partial charge in [-0.25, -0.2) is 4.79 Å². The lowest BCUT2D eigenvalue weighted by molar-refractivity contribution is -0.192. The Morgan fingerprint density at radius 2 is 1.88 bits per heavy atom.